The van der Waals surface area contributed by atoms with Crippen LogP contribution in [0.25, 0.3) is 0 Å². The maximum absolute atomic E-state index is 11.5. The molecule has 16 heavy (non-hydrogen) atoms. The topological polar surface area (TPSA) is 46.2 Å². The molecule has 1 atom stereocenters. The first kappa shape index (κ1) is 10.9. The minimum atomic E-state index is -0.187. The van der Waals surface area contributed by atoms with E-state index in [1.54, 1.807) is 0 Å². The molecule has 3 nitrogen and oxygen atoms in total. The summed E-state index contributed by atoms with van der Waals surface area (Å²) in [6.45, 7) is 4.06. The first-order valence-corrected chi connectivity index (χ1v) is 5.46. The fourth-order valence-electron chi connectivity index (χ4n) is 2.06. The van der Waals surface area contributed by atoms with Gasteiger partial charge in [0.15, 0.2) is 0 Å². The zero-order valence-corrected chi connectivity index (χ0v) is 9.54. The molecule has 3 heteroatoms. The molecule has 1 heterocycles. The number of carbonyl (C=O) groups excluding carboxylic acids is 2. The lowest BCUT2D eigenvalue weighted by molar-refractivity contribution is -0.125. The summed E-state index contributed by atoms with van der Waals surface area (Å²) in [4.78, 5) is 22.5. The van der Waals surface area contributed by atoms with E-state index in [1.165, 1.54) is 11.1 Å². The van der Waals surface area contributed by atoms with Gasteiger partial charge in [-0.2, -0.15) is 0 Å². The van der Waals surface area contributed by atoms with Crippen molar-refractivity contribution in [2.75, 3.05) is 0 Å². The second kappa shape index (κ2) is 4.08. The Morgan fingerprint density at radius 3 is 2.69 bits per heavy atom. The molecule has 0 bridgehead atoms. The SMILES string of the molecule is Cc1ccc(C)c(CC2CC(=O)NC2=O)c1. The number of amides is 2. The third-order valence-corrected chi connectivity index (χ3v) is 3.04. The maximum atomic E-state index is 11.5. The molecule has 0 aliphatic carbocycles. The van der Waals surface area contributed by atoms with Crippen LogP contribution in [0.4, 0.5) is 0 Å². The van der Waals surface area contributed by atoms with E-state index in [1.807, 2.05) is 13.8 Å². The number of nitrogens with one attached hydrogen (secondary N) is 1. The van der Waals surface area contributed by atoms with Gasteiger partial charge in [0.25, 0.3) is 0 Å². The Labute approximate surface area is 94.9 Å². The van der Waals surface area contributed by atoms with Crippen molar-refractivity contribution in [1.29, 1.82) is 0 Å². The van der Waals surface area contributed by atoms with Gasteiger partial charge in [-0.05, 0) is 31.4 Å². The van der Waals surface area contributed by atoms with Gasteiger partial charge in [0.1, 0.15) is 0 Å². The van der Waals surface area contributed by atoms with E-state index >= 15 is 0 Å². The number of carbonyl (C=O) groups is 2. The molecule has 1 aromatic carbocycles. The third kappa shape index (κ3) is 2.13. The van der Waals surface area contributed by atoms with Gasteiger partial charge in [0.2, 0.25) is 11.8 Å². The van der Waals surface area contributed by atoms with Crippen molar-refractivity contribution in [1.82, 2.24) is 5.32 Å². The van der Waals surface area contributed by atoms with Crippen LogP contribution in [0.15, 0.2) is 18.2 Å². The Morgan fingerprint density at radius 2 is 2.06 bits per heavy atom. The van der Waals surface area contributed by atoms with Crippen molar-refractivity contribution in [2.24, 2.45) is 5.92 Å². The number of rotatable bonds is 2. The van der Waals surface area contributed by atoms with Gasteiger partial charge in [-0.15, -0.1) is 0 Å². The molecule has 0 radical (unpaired) electrons. The predicted octanol–water partition coefficient (Wildman–Crippen LogP) is 1.51. The van der Waals surface area contributed by atoms with Crippen LogP contribution < -0.4 is 5.32 Å². The van der Waals surface area contributed by atoms with E-state index in [4.69, 9.17) is 0 Å². The highest BCUT2D eigenvalue weighted by Crippen LogP contribution is 2.20. The summed E-state index contributed by atoms with van der Waals surface area (Å²) < 4.78 is 0. The van der Waals surface area contributed by atoms with Gasteiger partial charge in [0, 0.05) is 6.42 Å². The molecule has 1 aliphatic rings. The first-order valence-electron chi connectivity index (χ1n) is 5.46. The van der Waals surface area contributed by atoms with Crippen LogP contribution in [0.1, 0.15) is 23.1 Å². The third-order valence-electron chi connectivity index (χ3n) is 3.04. The van der Waals surface area contributed by atoms with E-state index in [0.29, 0.717) is 12.8 Å². The summed E-state index contributed by atoms with van der Waals surface area (Å²) in [5.74, 6) is -0.473. The number of aryl methyl sites for hydroxylation is 2. The van der Waals surface area contributed by atoms with Gasteiger partial charge < -0.3 is 0 Å². The van der Waals surface area contributed by atoms with Gasteiger partial charge >= 0.3 is 0 Å². The average Bonchev–Trinajstić information content (AvgIpc) is 2.51. The number of benzene rings is 1. The zero-order valence-electron chi connectivity index (χ0n) is 9.54. The van der Waals surface area contributed by atoms with Crippen LogP contribution in [-0.2, 0) is 16.0 Å². The van der Waals surface area contributed by atoms with Crippen LogP contribution in [0, 0.1) is 19.8 Å². The molecule has 0 saturated carbocycles. The Morgan fingerprint density at radius 1 is 1.31 bits per heavy atom. The van der Waals surface area contributed by atoms with Gasteiger partial charge in [-0.25, -0.2) is 0 Å². The average molecular weight is 217 g/mol. The molecule has 1 fully saturated rings. The molecule has 1 aromatic rings. The molecule has 2 amide bonds. The van der Waals surface area contributed by atoms with E-state index in [9.17, 15) is 9.59 Å². The second-order valence-electron chi connectivity index (χ2n) is 4.45. The molecular weight excluding hydrogens is 202 g/mol. The molecule has 0 aromatic heterocycles. The van der Waals surface area contributed by atoms with Crippen LogP contribution in [0.5, 0.6) is 0 Å². The van der Waals surface area contributed by atoms with Crippen molar-refractivity contribution < 1.29 is 9.59 Å². The molecular formula is C13H15NO2. The quantitative estimate of drug-likeness (QED) is 0.763. The highest BCUT2D eigenvalue weighted by Gasteiger charge is 2.30. The lowest BCUT2D eigenvalue weighted by atomic mass is 9.94. The van der Waals surface area contributed by atoms with Crippen LogP contribution in [-0.4, -0.2) is 11.8 Å². The van der Waals surface area contributed by atoms with E-state index < -0.39 is 0 Å². The van der Waals surface area contributed by atoms with E-state index in [-0.39, 0.29) is 17.7 Å². The van der Waals surface area contributed by atoms with E-state index in [2.05, 4.69) is 23.5 Å². The summed E-state index contributed by atoms with van der Waals surface area (Å²) in [5.41, 5.74) is 3.53. The molecule has 0 spiro atoms. The lowest BCUT2D eigenvalue weighted by Gasteiger charge is -2.09. The summed E-state index contributed by atoms with van der Waals surface area (Å²) in [6.07, 6.45) is 0.983. The second-order valence-corrected chi connectivity index (χ2v) is 4.45. The van der Waals surface area contributed by atoms with Crippen molar-refractivity contribution in [3.63, 3.8) is 0 Å². The van der Waals surface area contributed by atoms with Crippen LogP contribution in [0.2, 0.25) is 0 Å². The molecule has 1 saturated heterocycles. The van der Waals surface area contributed by atoms with Gasteiger partial charge in [-0.1, -0.05) is 23.8 Å². The number of hydrogen-bond donors (Lipinski definition) is 1. The fraction of sp³-hybridized carbons (Fsp3) is 0.385. The molecule has 2 rings (SSSR count). The summed E-state index contributed by atoms with van der Waals surface area (Å²) in [7, 11) is 0. The van der Waals surface area contributed by atoms with Crippen LogP contribution >= 0.6 is 0 Å². The van der Waals surface area contributed by atoms with Crippen molar-refractivity contribution in [2.45, 2.75) is 26.7 Å². The summed E-state index contributed by atoms with van der Waals surface area (Å²) in [5, 5.41) is 2.34. The Bertz CT molecular complexity index is 451. The molecule has 1 aliphatic heterocycles. The molecule has 84 valence electrons. The standard InChI is InChI=1S/C13H15NO2/c1-8-3-4-9(2)10(5-8)6-11-7-12(15)14-13(11)16/h3-5,11H,6-7H2,1-2H3,(H,14,15,16). The Balaban J connectivity index is 2.18. The van der Waals surface area contributed by atoms with Crippen LogP contribution in [0.3, 0.4) is 0 Å². The molecule has 1 N–H and O–H groups in total. The minimum Gasteiger partial charge on any atom is -0.296 e. The Hall–Kier alpha value is -1.64. The van der Waals surface area contributed by atoms with Crippen molar-refractivity contribution >= 4 is 11.8 Å². The van der Waals surface area contributed by atoms with E-state index in [0.717, 1.165) is 5.56 Å². The highest BCUT2D eigenvalue weighted by atomic mass is 16.2. The minimum absolute atomic E-state index is 0.133. The van der Waals surface area contributed by atoms with Crippen molar-refractivity contribution in [3.05, 3.63) is 34.9 Å². The number of hydrogen-bond acceptors (Lipinski definition) is 2. The van der Waals surface area contributed by atoms with Gasteiger partial charge in [-0.3, -0.25) is 14.9 Å². The smallest absolute Gasteiger partial charge is 0.230 e. The lowest BCUT2D eigenvalue weighted by Crippen LogP contribution is -2.23. The van der Waals surface area contributed by atoms with Gasteiger partial charge in [0.05, 0.1) is 5.92 Å². The normalized spacial score (nSPS) is 20.0. The number of imide groups is 1. The summed E-state index contributed by atoms with van der Waals surface area (Å²) in [6, 6.07) is 6.20. The Kier molecular flexibility index (Phi) is 2.77. The summed E-state index contributed by atoms with van der Waals surface area (Å²) >= 11 is 0. The zero-order chi connectivity index (χ0) is 11.7. The predicted molar refractivity (Wildman–Crippen MR) is 60.9 cm³/mol. The largest absolute Gasteiger partial charge is 0.296 e. The highest BCUT2D eigenvalue weighted by molar-refractivity contribution is 6.03. The fourth-order valence-corrected chi connectivity index (χ4v) is 2.06. The first-order chi connectivity index (χ1) is 7.56. The van der Waals surface area contributed by atoms with Crippen molar-refractivity contribution in [3.8, 4) is 0 Å². The maximum Gasteiger partial charge on any atom is 0.230 e. The monoisotopic (exact) mass is 217 g/mol. The molecule has 1 unspecified atom stereocenters.